The zero-order chi connectivity index (χ0) is 20.4. The van der Waals surface area contributed by atoms with Crippen LogP contribution < -0.4 is 0 Å². The Balaban J connectivity index is 1.50. The Morgan fingerprint density at radius 1 is 1.10 bits per heavy atom. The molecule has 0 N–H and O–H groups in total. The molecule has 1 amide bonds. The molecule has 1 fully saturated rings. The van der Waals surface area contributed by atoms with Crippen molar-refractivity contribution in [2.24, 2.45) is 0 Å². The second-order valence-corrected chi connectivity index (χ2v) is 7.39. The second-order valence-electron chi connectivity index (χ2n) is 7.39. The van der Waals surface area contributed by atoms with Gasteiger partial charge in [0.15, 0.2) is 0 Å². The number of carbonyl (C=O) groups is 2. The molecule has 1 saturated heterocycles. The predicted octanol–water partition coefficient (Wildman–Crippen LogP) is 4.00. The minimum atomic E-state index is -0.345. The number of aryl methyl sites for hydroxylation is 1. The average molecular weight is 391 g/mol. The molecule has 4 rings (SSSR count). The van der Waals surface area contributed by atoms with Gasteiger partial charge in [-0.3, -0.25) is 9.48 Å². The number of piperidine rings is 1. The third kappa shape index (κ3) is 3.75. The highest BCUT2D eigenvalue weighted by Gasteiger charge is 2.28. The molecule has 2 aromatic carbocycles. The van der Waals surface area contributed by atoms with E-state index in [1.807, 2.05) is 54.3 Å². The van der Waals surface area contributed by atoms with Gasteiger partial charge in [0.2, 0.25) is 0 Å². The van der Waals surface area contributed by atoms with Crippen molar-refractivity contribution in [2.75, 3.05) is 19.7 Å². The number of carbonyl (C=O) groups excluding carboxylic acids is 2. The molecule has 0 atom stereocenters. The first-order chi connectivity index (χ1) is 14.1. The first-order valence-electron chi connectivity index (χ1n) is 10.1. The molecule has 0 saturated carbocycles. The van der Waals surface area contributed by atoms with E-state index < -0.39 is 0 Å². The monoisotopic (exact) mass is 391 g/mol. The predicted molar refractivity (Wildman–Crippen MR) is 111 cm³/mol. The largest absolute Gasteiger partial charge is 0.461 e. The Bertz CT molecular complexity index is 1040. The van der Waals surface area contributed by atoms with Crippen molar-refractivity contribution in [3.05, 3.63) is 65.5 Å². The lowest BCUT2D eigenvalue weighted by Crippen LogP contribution is -2.39. The Hall–Kier alpha value is -3.15. The van der Waals surface area contributed by atoms with Crippen LogP contribution in [0.3, 0.4) is 0 Å². The minimum absolute atomic E-state index is 0.0579. The number of rotatable bonds is 4. The Kier molecular flexibility index (Phi) is 5.34. The summed E-state index contributed by atoms with van der Waals surface area (Å²) in [6, 6.07) is 15.7. The highest BCUT2D eigenvalue weighted by atomic mass is 16.5. The van der Waals surface area contributed by atoms with Gasteiger partial charge in [-0.2, -0.15) is 5.10 Å². The van der Waals surface area contributed by atoms with Gasteiger partial charge in [-0.15, -0.1) is 0 Å². The Morgan fingerprint density at radius 2 is 1.83 bits per heavy atom. The number of hydrogen-bond donors (Lipinski definition) is 0. The molecular formula is C23H25N3O3. The zero-order valence-electron chi connectivity index (χ0n) is 16.8. The second kappa shape index (κ2) is 8.07. The van der Waals surface area contributed by atoms with E-state index in [1.54, 1.807) is 17.7 Å². The van der Waals surface area contributed by atoms with Crippen molar-refractivity contribution in [1.82, 2.24) is 14.7 Å². The summed E-state index contributed by atoms with van der Waals surface area (Å²) in [5.41, 5.74) is 2.02. The highest BCUT2D eigenvalue weighted by molar-refractivity contribution is 6.07. The summed E-state index contributed by atoms with van der Waals surface area (Å²) >= 11 is 0. The van der Waals surface area contributed by atoms with Crippen LogP contribution in [-0.4, -0.2) is 46.3 Å². The van der Waals surface area contributed by atoms with Gasteiger partial charge in [0, 0.05) is 18.7 Å². The van der Waals surface area contributed by atoms with Crippen LogP contribution in [-0.2, 0) is 4.74 Å². The van der Waals surface area contributed by atoms with Crippen LogP contribution in [0.5, 0.6) is 0 Å². The van der Waals surface area contributed by atoms with Crippen molar-refractivity contribution < 1.29 is 14.3 Å². The standard InChI is InChI=1S/C23H25N3O3/c1-3-29-23(28)21-15-16(2)24-26(21)18-11-13-25(14-12-18)22(27)20-10-6-8-17-7-4-5-9-19(17)20/h4-10,15,18H,3,11-14H2,1-2H3. The Morgan fingerprint density at radius 3 is 2.59 bits per heavy atom. The maximum atomic E-state index is 13.2. The molecule has 1 aromatic heterocycles. The fourth-order valence-electron chi connectivity index (χ4n) is 4.05. The van der Waals surface area contributed by atoms with Crippen LogP contribution in [0.1, 0.15) is 52.3 Å². The fraction of sp³-hybridized carbons (Fsp3) is 0.348. The summed E-state index contributed by atoms with van der Waals surface area (Å²) in [7, 11) is 0. The number of fused-ring (bicyclic) bond motifs is 1. The normalized spacial score (nSPS) is 14.9. The number of benzene rings is 2. The summed E-state index contributed by atoms with van der Waals surface area (Å²) in [5.74, 6) is -0.287. The quantitative estimate of drug-likeness (QED) is 0.631. The summed E-state index contributed by atoms with van der Waals surface area (Å²) in [6.45, 7) is 5.27. The lowest BCUT2D eigenvalue weighted by atomic mass is 10.0. The molecular weight excluding hydrogens is 366 g/mol. The van der Waals surface area contributed by atoms with Gasteiger partial charge in [-0.25, -0.2) is 4.79 Å². The molecule has 0 spiro atoms. The molecule has 3 aromatic rings. The van der Waals surface area contributed by atoms with E-state index in [2.05, 4.69) is 5.10 Å². The average Bonchev–Trinajstić information content (AvgIpc) is 3.15. The van der Waals surface area contributed by atoms with E-state index in [0.29, 0.717) is 25.4 Å². The SMILES string of the molecule is CCOC(=O)c1cc(C)nn1C1CCN(C(=O)c2cccc3ccccc23)CC1. The molecule has 29 heavy (non-hydrogen) atoms. The van der Waals surface area contributed by atoms with Gasteiger partial charge in [-0.05, 0) is 49.6 Å². The van der Waals surface area contributed by atoms with Crippen LogP contribution in [0.2, 0.25) is 0 Å². The van der Waals surface area contributed by atoms with E-state index in [1.165, 1.54) is 0 Å². The summed E-state index contributed by atoms with van der Waals surface area (Å²) < 4.78 is 6.95. The molecule has 2 heterocycles. The smallest absolute Gasteiger partial charge is 0.356 e. The van der Waals surface area contributed by atoms with Gasteiger partial charge in [0.25, 0.3) is 5.91 Å². The topological polar surface area (TPSA) is 64.4 Å². The van der Waals surface area contributed by atoms with Crippen LogP contribution in [0, 0.1) is 6.92 Å². The van der Waals surface area contributed by atoms with Crippen LogP contribution in [0.4, 0.5) is 0 Å². The van der Waals surface area contributed by atoms with Gasteiger partial charge >= 0.3 is 5.97 Å². The van der Waals surface area contributed by atoms with Gasteiger partial charge in [0.1, 0.15) is 5.69 Å². The highest BCUT2D eigenvalue weighted by Crippen LogP contribution is 2.27. The third-order valence-corrected chi connectivity index (χ3v) is 5.46. The maximum absolute atomic E-state index is 13.2. The van der Waals surface area contributed by atoms with Crippen LogP contribution >= 0.6 is 0 Å². The molecule has 6 nitrogen and oxygen atoms in total. The minimum Gasteiger partial charge on any atom is -0.461 e. The van der Waals surface area contributed by atoms with E-state index in [-0.39, 0.29) is 17.9 Å². The van der Waals surface area contributed by atoms with Crippen molar-refractivity contribution in [3.8, 4) is 0 Å². The molecule has 1 aliphatic rings. The van der Waals surface area contributed by atoms with Crippen LogP contribution in [0.15, 0.2) is 48.5 Å². The number of nitrogens with zero attached hydrogens (tertiary/aromatic N) is 3. The third-order valence-electron chi connectivity index (χ3n) is 5.46. The van der Waals surface area contributed by atoms with Gasteiger partial charge in [-0.1, -0.05) is 36.4 Å². The number of esters is 1. The zero-order valence-corrected chi connectivity index (χ0v) is 16.8. The van der Waals surface area contributed by atoms with Crippen molar-refractivity contribution in [2.45, 2.75) is 32.7 Å². The van der Waals surface area contributed by atoms with Crippen LogP contribution in [0.25, 0.3) is 10.8 Å². The van der Waals surface area contributed by atoms with Gasteiger partial charge < -0.3 is 9.64 Å². The lowest BCUT2D eigenvalue weighted by Gasteiger charge is -2.33. The lowest BCUT2D eigenvalue weighted by molar-refractivity contribution is 0.0498. The summed E-state index contributed by atoms with van der Waals surface area (Å²) in [6.07, 6.45) is 1.51. The Labute approximate surface area is 170 Å². The summed E-state index contributed by atoms with van der Waals surface area (Å²) in [5, 5.41) is 6.57. The van der Waals surface area contributed by atoms with E-state index in [9.17, 15) is 9.59 Å². The molecule has 0 bridgehead atoms. The van der Waals surface area contributed by atoms with E-state index in [4.69, 9.17) is 4.74 Å². The van der Waals surface area contributed by atoms with Crippen molar-refractivity contribution in [3.63, 3.8) is 0 Å². The number of ether oxygens (including phenoxy) is 1. The molecule has 0 aliphatic carbocycles. The molecule has 150 valence electrons. The molecule has 1 aliphatic heterocycles. The number of hydrogen-bond acceptors (Lipinski definition) is 4. The molecule has 0 unspecified atom stereocenters. The number of amides is 1. The number of aromatic nitrogens is 2. The van der Waals surface area contributed by atoms with Gasteiger partial charge in [0.05, 0.1) is 18.3 Å². The first kappa shape index (κ1) is 19.2. The molecule has 0 radical (unpaired) electrons. The summed E-state index contributed by atoms with van der Waals surface area (Å²) in [4.78, 5) is 27.3. The fourth-order valence-corrected chi connectivity index (χ4v) is 4.05. The van der Waals surface area contributed by atoms with Crippen molar-refractivity contribution >= 4 is 22.6 Å². The maximum Gasteiger partial charge on any atom is 0.356 e. The molecule has 6 heteroatoms. The van der Waals surface area contributed by atoms with E-state index in [0.717, 1.165) is 34.9 Å². The number of likely N-dealkylation sites (tertiary alicyclic amines) is 1. The van der Waals surface area contributed by atoms with Crippen molar-refractivity contribution in [1.29, 1.82) is 0 Å². The first-order valence-corrected chi connectivity index (χ1v) is 10.1. The van der Waals surface area contributed by atoms with E-state index >= 15 is 0 Å².